The maximum Gasteiger partial charge on any atom is 0.261 e. The van der Waals surface area contributed by atoms with Crippen LogP contribution in [0.25, 0.3) is 0 Å². The largest absolute Gasteiger partial charge is 0.483 e. The molecule has 0 heterocycles. The summed E-state index contributed by atoms with van der Waals surface area (Å²) in [6, 6.07) is 22.6. The zero-order chi connectivity index (χ0) is 28.7. The van der Waals surface area contributed by atoms with Crippen molar-refractivity contribution < 1.29 is 14.3 Å². The SMILES string of the molecule is CC(C)(C)c1ccc(OCC(=O)N(Cc2ccc(Cl)cc2)[C@H](Cc2ccccc2)C(=O)NC2CCCC2)c(Br)c1. The number of amides is 2. The molecule has 1 fully saturated rings. The monoisotopic (exact) mass is 624 g/mol. The van der Waals surface area contributed by atoms with Crippen molar-refractivity contribution in [3.05, 3.63) is 99.0 Å². The van der Waals surface area contributed by atoms with Crippen LogP contribution in [-0.4, -0.2) is 35.4 Å². The fourth-order valence-electron chi connectivity index (χ4n) is 5.01. The van der Waals surface area contributed by atoms with Gasteiger partial charge in [-0.1, -0.05) is 93.7 Å². The predicted octanol–water partition coefficient (Wildman–Crippen LogP) is 7.48. The van der Waals surface area contributed by atoms with Gasteiger partial charge in [0.25, 0.3) is 5.91 Å². The first kappa shape index (κ1) is 30.1. The number of carbonyl (C=O) groups excluding carboxylic acids is 2. The lowest BCUT2D eigenvalue weighted by atomic mass is 9.87. The lowest BCUT2D eigenvalue weighted by Gasteiger charge is -2.32. The summed E-state index contributed by atoms with van der Waals surface area (Å²) in [6.45, 7) is 6.52. The number of hydrogen-bond acceptors (Lipinski definition) is 3. The van der Waals surface area contributed by atoms with Crippen LogP contribution in [0, 0.1) is 0 Å². The molecule has 1 saturated carbocycles. The molecule has 1 aliphatic rings. The molecule has 0 radical (unpaired) electrons. The van der Waals surface area contributed by atoms with Crippen LogP contribution in [0.1, 0.15) is 63.1 Å². The third kappa shape index (κ3) is 8.34. The van der Waals surface area contributed by atoms with E-state index in [-0.39, 0.29) is 36.4 Å². The second-order valence-corrected chi connectivity index (χ2v) is 12.8. The lowest BCUT2D eigenvalue weighted by Crippen LogP contribution is -2.53. The van der Waals surface area contributed by atoms with E-state index in [0.29, 0.717) is 17.2 Å². The number of hydrogen-bond donors (Lipinski definition) is 1. The Morgan fingerprint density at radius 3 is 2.30 bits per heavy atom. The zero-order valence-electron chi connectivity index (χ0n) is 23.5. The van der Waals surface area contributed by atoms with E-state index in [0.717, 1.165) is 46.8 Å². The Hall–Kier alpha value is -2.83. The first-order valence-corrected chi connectivity index (χ1v) is 15.1. The Morgan fingerprint density at radius 1 is 1.00 bits per heavy atom. The van der Waals surface area contributed by atoms with E-state index in [1.807, 2.05) is 60.7 Å². The van der Waals surface area contributed by atoms with Crippen molar-refractivity contribution in [2.45, 2.75) is 76.9 Å². The maximum absolute atomic E-state index is 13.9. The van der Waals surface area contributed by atoms with Gasteiger partial charge in [0.2, 0.25) is 5.91 Å². The average molecular weight is 626 g/mol. The van der Waals surface area contributed by atoms with Crippen molar-refractivity contribution in [1.29, 1.82) is 0 Å². The topological polar surface area (TPSA) is 58.6 Å². The minimum atomic E-state index is -0.693. The molecule has 0 aromatic heterocycles. The number of benzene rings is 3. The van der Waals surface area contributed by atoms with Crippen LogP contribution in [0.3, 0.4) is 0 Å². The van der Waals surface area contributed by atoms with Gasteiger partial charge < -0.3 is 15.0 Å². The van der Waals surface area contributed by atoms with Crippen molar-refractivity contribution in [3.63, 3.8) is 0 Å². The summed E-state index contributed by atoms with van der Waals surface area (Å²) in [5, 5.41) is 3.85. The number of ether oxygens (including phenoxy) is 1. The van der Waals surface area contributed by atoms with Gasteiger partial charge in [-0.2, -0.15) is 0 Å². The summed E-state index contributed by atoms with van der Waals surface area (Å²) in [4.78, 5) is 29.3. The first-order chi connectivity index (χ1) is 19.1. The molecule has 4 rings (SSSR count). The molecule has 212 valence electrons. The van der Waals surface area contributed by atoms with Gasteiger partial charge >= 0.3 is 0 Å². The molecule has 1 aliphatic carbocycles. The molecule has 0 bridgehead atoms. The van der Waals surface area contributed by atoms with E-state index < -0.39 is 6.04 Å². The molecule has 0 saturated heterocycles. The molecular weight excluding hydrogens is 588 g/mol. The van der Waals surface area contributed by atoms with Crippen molar-refractivity contribution in [2.24, 2.45) is 0 Å². The Morgan fingerprint density at radius 2 is 1.68 bits per heavy atom. The van der Waals surface area contributed by atoms with E-state index in [1.54, 1.807) is 17.0 Å². The summed E-state index contributed by atoms with van der Waals surface area (Å²) in [6.07, 6.45) is 4.56. The van der Waals surface area contributed by atoms with Crippen molar-refractivity contribution in [2.75, 3.05) is 6.61 Å². The van der Waals surface area contributed by atoms with Gasteiger partial charge in [-0.05, 0) is 75.1 Å². The summed E-state index contributed by atoms with van der Waals surface area (Å²) in [7, 11) is 0. The Kier molecular flexibility index (Phi) is 10.3. The van der Waals surface area contributed by atoms with Crippen LogP contribution < -0.4 is 10.1 Å². The van der Waals surface area contributed by atoms with E-state index in [1.165, 1.54) is 0 Å². The highest BCUT2D eigenvalue weighted by molar-refractivity contribution is 9.10. The Balaban J connectivity index is 1.60. The number of nitrogens with one attached hydrogen (secondary N) is 1. The molecule has 0 aliphatic heterocycles. The third-order valence-electron chi connectivity index (χ3n) is 7.39. The molecule has 0 spiro atoms. The van der Waals surface area contributed by atoms with Gasteiger partial charge in [0.05, 0.1) is 4.47 Å². The fourth-order valence-corrected chi connectivity index (χ4v) is 5.63. The van der Waals surface area contributed by atoms with Crippen molar-refractivity contribution >= 4 is 39.3 Å². The van der Waals surface area contributed by atoms with Crippen LogP contribution in [0.4, 0.5) is 0 Å². The molecule has 0 unspecified atom stereocenters. The van der Waals surface area contributed by atoms with E-state index in [9.17, 15) is 9.59 Å². The van der Waals surface area contributed by atoms with Gasteiger partial charge in [-0.3, -0.25) is 9.59 Å². The van der Waals surface area contributed by atoms with Crippen molar-refractivity contribution in [3.8, 4) is 5.75 Å². The third-order valence-corrected chi connectivity index (χ3v) is 8.26. The van der Waals surface area contributed by atoms with Crippen LogP contribution >= 0.6 is 27.5 Å². The highest BCUT2D eigenvalue weighted by Crippen LogP contribution is 2.31. The highest BCUT2D eigenvalue weighted by atomic mass is 79.9. The van der Waals surface area contributed by atoms with Gasteiger partial charge in [0.1, 0.15) is 11.8 Å². The second-order valence-electron chi connectivity index (χ2n) is 11.5. The minimum Gasteiger partial charge on any atom is -0.483 e. The number of rotatable bonds is 10. The standard InChI is InChI=1S/C33H38BrClN2O3/c1-33(2,3)25-15-18-30(28(34)20-25)40-22-31(38)37(21-24-13-16-26(35)17-14-24)29(19-23-9-5-4-6-10-23)32(39)36-27-11-7-8-12-27/h4-6,9-10,13-18,20,27,29H,7-8,11-12,19,21-22H2,1-3H3,(H,36,39)/t29-/m1/s1. The van der Waals surface area contributed by atoms with Gasteiger partial charge in [0.15, 0.2) is 6.61 Å². The smallest absolute Gasteiger partial charge is 0.261 e. The number of nitrogens with zero attached hydrogens (tertiary/aromatic N) is 1. The molecular formula is C33H38BrClN2O3. The summed E-state index contributed by atoms with van der Waals surface area (Å²) >= 11 is 9.73. The molecule has 5 nitrogen and oxygen atoms in total. The van der Waals surface area contributed by atoms with Crippen LogP contribution in [-0.2, 0) is 28.0 Å². The van der Waals surface area contributed by atoms with Gasteiger partial charge in [0, 0.05) is 24.0 Å². The summed E-state index contributed by atoms with van der Waals surface area (Å²) < 4.78 is 6.82. The van der Waals surface area contributed by atoms with E-state index in [2.05, 4.69) is 42.0 Å². The second kappa shape index (κ2) is 13.7. The molecule has 2 amide bonds. The minimum absolute atomic E-state index is 0.0103. The average Bonchev–Trinajstić information content (AvgIpc) is 3.44. The molecule has 1 atom stereocenters. The molecule has 40 heavy (non-hydrogen) atoms. The predicted molar refractivity (Wildman–Crippen MR) is 165 cm³/mol. The van der Waals surface area contributed by atoms with Crippen LogP contribution in [0.5, 0.6) is 5.75 Å². The number of carbonyl (C=O) groups is 2. The zero-order valence-corrected chi connectivity index (χ0v) is 25.8. The maximum atomic E-state index is 13.9. The Labute approximate surface area is 251 Å². The molecule has 7 heteroatoms. The van der Waals surface area contributed by atoms with Gasteiger partial charge in [-0.15, -0.1) is 0 Å². The lowest BCUT2D eigenvalue weighted by molar-refractivity contribution is -0.143. The van der Waals surface area contributed by atoms with E-state index in [4.69, 9.17) is 16.3 Å². The summed E-state index contributed by atoms with van der Waals surface area (Å²) in [5.41, 5.74) is 3.03. The Bertz CT molecular complexity index is 1290. The summed E-state index contributed by atoms with van der Waals surface area (Å²) in [5.74, 6) is 0.195. The van der Waals surface area contributed by atoms with Gasteiger partial charge in [-0.25, -0.2) is 0 Å². The molecule has 1 N–H and O–H groups in total. The molecule has 3 aromatic rings. The van der Waals surface area contributed by atoms with Crippen LogP contribution in [0.15, 0.2) is 77.3 Å². The van der Waals surface area contributed by atoms with Crippen LogP contribution in [0.2, 0.25) is 5.02 Å². The quantitative estimate of drug-likeness (QED) is 0.254. The highest BCUT2D eigenvalue weighted by Gasteiger charge is 2.32. The fraction of sp³-hybridized carbons (Fsp3) is 0.394. The number of halogens is 2. The molecule has 3 aromatic carbocycles. The van der Waals surface area contributed by atoms with Crippen molar-refractivity contribution in [1.82, 2.24) is 10.2 Å². The normalized spacial score (nSPS) is 14.5. The van der Waals surface area contributed by atoms with E-state index >= 15 is 0 Å². The first-order valence-electron chi connectivity index (χ1n) is 13.9.